The second-order valence-electron chi connectivity index (χ2n) is 6.23. The fourth-order valence-electron chi connectivity index (χ4n) is 2.77. The maximum atomic E-state index is 12.9. The molecule has 0 aliphatic carbocycles. The molecular weight excluding hydrogens is 420 g/mol. The molecule has 3 rings (SSSR count). The minimum absolute atomic E-state index is 0.0175. The number of anilines is 1. The van der Waals surface area contributed by atoms with E-state index in [1.165, 1.54) is 31.5 Å². The molecule has 10 nitrogen and oxygen atoms in total. The lowest BCUT2D eigenvalue weighted by Crippen LogP contribution is -2.49. The van der Waals surface area contributed by atoms with Gasteiger partial charge < -0.3 is 10.6 Å². The SMILES string of the molecule is Cc1c(Cl)ccc2c1S(=O)(=O)N(CC(=O)N[C@H](C)c1cnc(C#N)nc1)C(=O)N2. The highest BCUT2D eigenvalue weighted by Crippen LogP contribution is 2.35. The van der Waals surface area contributed by atoms with Gasteiger partial charge in [0.05, 0.1) is 11.7 Å². The largest absolute Gasteiger partial charge is 0.348 e. The summed E-state index contributed by atoms with van der Waals surface area (Å²) in [4.78, 5) is 32.2. The zero-order valence-electron chi connectivity index (χ0n) is 15.3. The number of rotatable bonds is 4. The number of nitrogens with zero attached hydrogens (tertiary/aromatic N) is 4. The summed E-state index contributed by atoms with van der Waals surface area (Å²) in [5.41, 5.74) is 0.894. The Morgan fingerprint density at radius 1 is 1.38 bits per heavy atom. The van der Waals surface area contributed by atoms with Gasteiger partial charge in [-0.15, -0.1) is 0 Å². The minimum Gasteiger partial charge on any atom is -0.348 e. The number of fused-ring (bicyclic) bond motifs is 1. The van der Waals surface area contributed by atoms with E-state index in [0.29, 0.717) is 9.87 Å². The van der Waals surface area contributed by atoms with E-state index in [1.807, 2.05) is 0 Å². The quantitative estimate of drug-likeness (QED) is 0.744. The first-order valence-electron chi connectivity index (χ1n) is 8.29. The van der Waals surface area contributed by atoms with Gasteiger partial charge in [0.25, 0.3) is 10.0 Å². The molecule has 3 amide bonds. The van der Waals surface area contributed by atoms with Gasteiger partial charge in [0, 0.05) is 23.0 Å². The van der Waals surface area contributed by atoms with Crippen molar-refractivity contribution in [1.29, 1.82) is 5.26 Å². The highest BCUT2D eigenvalue weighted by molar-refractivity contribution is 7.90. The lowest BCUT2D eigenvalue weighted by molar-refractivity contribution is -0.121. The second kappa shape index (κ2) is 7.65. The number of benzene rings is 1. The standard InChI is InChI=1S/C17H15ClN6O4S/c1-9-12(18)3-4-13-16(9)29(27,28)24(17(26)23-13)8-15(25)22-10(2)11-6-20-14(5-19)21-7-11/h3-4,6-7,10H,8H2,1-2H3,(H,22,25)(H,23,26)/t10-/m1/s1. The average Bonchev–Trinajstić information content (AvgIpc) is 2.67. The third-order valence-electron chi connectivity index (χ3n) is 4.29. The van der Waals surface area contributed by atoms with Crippen LogP contribution in [0.3, 0.4) is 0 Å². The predicted molar refractivity (Wildman–Crippen MR) is 102 cm³/mol. The van der Waals surface area contributed by atoms with E-state index in [1.54, 1.807) is 13.0 Å². The van der Waals surface area contributed by atoms with Crippen LogP contribution < -0.4 is 10.6 Å². The third-order valence-corrected chi connectivity index (χ3v) is 6.62. The molecule has 0 unspecified atom stereocenters. The minimum atomic E-state index is -4.27. The van der Waals surface area contributed by atoms with Gasteiger partial charge in [0.2, 0.25) is 11.7 Å². The molecule has 1 aliphatic rings. The van der Waals surface area contributed by atoms with Gasteiger partial charge in [-0.2, -0.15) is 5.26 Å². The number of urea groups is 1. The molecule has 29 heavy (non-hydrogen) atoms. The zero-order chi connectivity index (χ0) is 21.3. The topological polar surface area (TPSA) is 145 Å². The number of aromatic nitrogens is 2. The molecule has 150 valence electrons. The first kappa shape index (κ1) is 20.5. The molecule has 0 saturated carbocycles. The summed E-state index contributed by atoms with van der Waals surface area (Å²) in [6.07, 6.45) is 2.75. The average molecular weight is 435 g/mol. The number of sulfonamides is 1. The van der Waals surface area contributed by atoms with Gasteiger partial charge in [-0.1, -0.05) is 11.6 Å². The summed E-state index contributed by atoms with van der Waals surface area (Å²) in [6, 6.07) is 3.14. The van der Waals surface area contributed by atoms with Crippen LogP contribution in [0.25, 0.3) is 0 Å². The molecule has 1 atom stereocenters. The molecule has 0 spiro atoms. The van der Waals surface area contributed by atoms with Crippen molar-refractivity contribution < 1.29 is 18.0 Å². The highest BCUT2D eigenvalue weighted by atomic mass is 35.5. The Bertz CT molecular complexity index is 1140. The first-order valence-corrected chi connectivity index (χ1v) is 10.1. The molecule has 2 aromatic rings. The van der Waals surface area contributed by atoms with Gasteiger partial charge in [0.1, 0.15) is 17.5 Å². The van der Waals surface area contributed by atoms with Gasteiger partial charge in [-0.3, -0.25) is 4.79 Å². The van der Waals surface area contributed by atoms with Crippen molar-refractivity contribution in [3.63, 3.8) is 0 Å². The van der Waals surface area contributed by atoms with Crippen LogP contribution in [0.2, 0.25) is 5.02 Å². The Balaban J connectivity index is 1.80. The van der Waals surface area contributed by atoms with E-state index in [2.05, 4.69) is 20.6 Å². The first-order chi connectivity index (χ1) is 13.6. The molecular formula is C17H15ClN6O4S. The fourth-order valence-corrected chi connectivity index (χ4v) is 4.65. The fraction of sp³-hybridized carbons (Fsp3) is 0.235. The van der Waals surface area contributed by atoms with Crippen molar-refractivity contribution in [2.24, 2.45) is 0 Å². The van der Waals surface area contributed by atoms with Crippen molar-refractivity contribution in [2.75, 3.05) is 11.9 Å². The highest BCUT2D eigenvalue weighted by Gasteiger charge is 2.39. The molecule has 1 aliphatic heterocycles. The van der Waals surface area contributed by atoms with Crippen molar-refractivity contribution in [2.45, 2.75) is 24.8 Å². The van der Waals surface area contributed by atoms with E-state index < -0.39 is 34.5 Å². The number of nitrogens with one attached hydrogen (secondary N) is 2. The summed E-state index contributed by atoms with van der Waals surface area (Å²) in [5.74, 6) is -0.722. The van der Waals surface area contributed by atoms with Crippen molar-refractivity contribution >= 4 is 39.2 Å². The van der Waals surface area contributed by atoms with Crippen LogP contribution in [-0.4, -0.2) is 41.2 Å². The summed E-state index contributed by atoms with van der Waals surface area (Å²) in [6.45, 7) is 2.43. The van der Waals surface area contributed by atoms with Crippen LogP contribution in [0.5, 0.6) is 0 Å². The lowest BCUT2D eigenvalue weighted by Gasteiger charge is -2.29. The normalized spacial score (nSPS) is 15.7. The number of amides is 3. The van der Waals surface area contributed by atoms with Crippen LogP contribution >= 0.6 is 11.6 Å². The number of carbonyl (C=O) groups is 2. The molecule has 0 bridgehead atoms. The van der Waals surface area contributed by atoms with Gasteiger partial charge in [0.15, 0.2) is 0 Å². The van der Waals surface area contributed by atoms with E-state index >= 15 is 0 Å². The van der Waals surface area contributed by atoms with E-state index in [0.717, 1.165) is 0 Å². The maximum absolute atomic E-state index is 12.9. The second-order valence-corrected chi connectivity index (χ2v) is 8.44. The summed E-state index contributed by atoms with van der Waals surface area (Å²) in [5, 5.41) is 14.0. The van der Waals surface area contributed by atoms with Crippen LogP contribution in [0, 0.1) is 18.3 Å². The molecule has 0 saturated heterocycles. The number of halogens is 1. The Morgan fingerprint density at radius 2 is 2.03 bits per heavy atom. The van der Waals surface area contributed by atoms with Gasteiger partial charge in [-0.25, -0.2) is 27.5 Å². The molecule has 2 heterocycles. The number of hydrogen-bond donors (Lipinski definition) is 2. The predicted octanol–water partition coefficient (Wildman–Crippen LogP) is 1.72. The Labute approximate surface area is 171 Å². The monoisotopic (exact) mass is 434 g/mol. The Hall–Kier alpha value is -3.23. The Kier molecular flexibility index (Phi) is 5.41. The molecule has 0 fully saturated rings. The van der Waals surface area contributed by atoms with Crippen molar-refractivity contribution in [1.82, 2.24) is 19.6 Å². The Morgan fingerprint density at radius 3 is 2.66 bits per heavy atom. The summed E-state index contributed by atoms with van der Waals surface area (Å²) in [7, 11) is -4.27. The third kappa shape index (κ3) is 3.85. The lowest BCUT2D eigenvalue weighted by atomic mass is 10.2. The van der Waals surface area contributed by atoms with Crippen LogP contribution in [-0.2, 0) is 14.8 Å². The van der Waals surface area contributed by atoms with E-state index in [4.69, 9.17) is 16.9 Å². The van der Waals surface area contributed by atoms with Crippen molar-refractivity contribution in [3.05, 3.63) is 46.5 Å². The molecule has 1 aromatic carbocycles. The zero-order valence-corrected chi connectivity index (χ0v) is 16.9. The number of nitriles is 1. The van der Waals surface area contributed by atoms with E-state index in [9.17, 15) is 18.0 Å². The van der Waals surface area contributed by atoms with Crippen molar-refractivity contribution in [3.8, 4) is 6.07 Å². The van der Waals surface area contributed by atoms with Crippen LogP contribution in [0.4, 0.5) is 10.5 Å². The molecule has 12 heteroatoms. The summed E-state index contributed by atoms with van der Waals surface area (Å²) >= 11 is 6.01. The number of hydrogen-bond acceptors (Lipinski definition) is 7. The van der Waals surface area contributed by atoms with Crippen LogP contribution in [0.1, 0.15) is 29.9 Å². The van der Waals surface area contributed by atoms with E-state index in [-0.39, 0.29) is 27.0 Å². The summed E-state index contributed by atoms with van der Waals surface area (Å²) < 4.78 is 26.3. The molecule has 1 aromatic heterocycles. The van der Waals surface area contributed by atoms with Gasteiger partial charge >= 0.3 is 6.03 Å². The number of carbonyl (C=O) groups excluding carboxylic acids is 2. The maximum Gasteiger partial charge on any atom is 0.336 e. The molecule has 2 N–H and O–H groups in total. The smallest absolute Gasteiger partial charge is 0.336 e. The molecule has 0 radical (unpaired) electrons. The van der Waals surface area contributed by atoms with Gasteiger partial charge in [-0.05, 0) is 31.5 Å². The van der Waals surface area contributed by atoms with Crippen LogP contribution in [0.15, 0.2) is 29.4 Å².